The zero-order valence-corrected chi connectivity index (χ0v) is 18.4. The van der Waals surface area contributed by atoms with Gasteiger partial charge in [-0.3, -0.25) is 9.59 Å². The molecule has 11 N–H and O–H groups in total. The van der Waals surface area contributed by atoms with Crippen molar-refractivity contribution in [3.63, 3.8) is 0 Å². The molecule has 1 unspecified atom stereocenters. The topological polar surface area (TPSA) is 206 Å². The summed E-state index contributed by atoms with van der Waals surface area (Å²) in [4.78, 5) is 36.3. The van der Waals surface area contributed by atoms with Gasteiger partial charge in [-0.1, -0.05) is 19.8 Å². The van der Waals surface area contributed by atoms with Gasteiger partial charge in [0.2, 0.25) is 11.8 Å². The normalized spacial score (nSPS) is 11.1. The summed E-state index contributed by atoms with van der Waals surface area (Å²) in [5, 5.41) is 2.56. The molecule has 0 aliphatic heterocycles. The first-order chi connectivity index (χ1) is 14.3. The van der Waals surface area contributed by atoms with Crippen molar-refractivity contribution >= 4 is 17.9 Å². The smallest absolute Gasteiger partial charge is 0.404 e. The van der Waals surface area contributed by atoms with E-state index < -0.39 is 12.1 Å². The molecule has 178 valence electrons. The number of nitrogens with one attached hydrogen (secondary N) is 1. The van der Waals surface area contributed by atoms with Crippen molar-refractivity contribution in [2.45, 2.75) is 57.9 Å². The van der Waals surface area contributed by atoms with Crippen LogP contribution in [0.1, 0.15) is 51.9 Å². The first kappa shape index (κ1) is 30.2. The monoisotopic (exact) mass is 433 g/mol. The van der Waals surface area contributed by atoms with Crippen molar-refractivity contribution < 1.29 is 19.1 Å². The third kappa shape index (κ3) is 19.4. The molecule has 11 nitrogen and oxygen atoms in total. The first-order valence-corrected chi connectivity index (χ1v) is 10.7. The van der Waals surface area contributed by atoms with Crippen molar-refractivity contribution in [3.8, 4) is 0 Å². The SMILES string of the molecule is CCCCN.NCCCCC(N)C(=O)N(CCCCN)CC(=O)NCCOC(N)=O. The molecule has 1 atom stereocenters. The Kier molecular flexibility index (Phi) is 21.9. The van der Waals surface area contributed by atoms with Gasteiger partial charge in [0.15, 0.2) is 0 Å². The van der Waals surface area contributed by atoms with Crippen LogP contribution >= 0.6 is 0 Å². The Balaban J connectivity index is 0. The second-order valence-corrected chi connectivity index (χ2v) is 6.81. The molecule has 0 aromatic rings. The molecule has 0 radical (unpaired) electrons. The fourth-order valence-electron chi connectivity index (χ4n) is 2.36. The predicted octanol–water partition coefficient (Wildman–Crippen LogP) is -1.03. The number of hydrogen-bond donors (Lipinski definition) is 6. The molecule has 3 amide bonds. The van der Waals surface area contributed by atoms with Crippen LogP contribution in [0, 0.1) is 0 Å². The number of hydrogen-bond acceptors (Lipinski definition) is 8. The van der Waals surface area contributed by atoms with E-state index >= 15 is 0 Å². The third-order valence-electron chi connectivity index (χ3n) is 4.04. The van der Waals surface area contributed by atoms with E-state index in [1.807, 2.05) is 0 Å². The van der Waals surface area contributed by atoms with E-state index in [0.717, 1.165) is 25.8 Å². The van der Waals surface area contributed by atoms with Gasteiger partial charge in [0.05, 0.1) is 19.1 Å². The molecule has 0 heterocycles. The maximum Gasteiger partial charge on any atom is 0.404 e. The Hall–Kier alpha value is -1.95. The lowest BCUT2D eigenvalue weighted by Gasteiger charge is -2.25. The molecule has 11 heteroatoms. The molecule has 0 aliphatic carbocycles. The molecule has 0 aromatic carbocycles. The van der Waals surface area contributed by atoms with Crippen LogP contribution in [0.4, 0.5) is 4.79 Å². The van der Waals surface area contributed by atoms with Crippen LogP contribution < -0.4 is 34.0 Å². The summed E-state index contributed by atoms with van der Waals surface area (Å²) >= 11 is 0. The average molecular weight is 434 g/mol. The van der Waals surface area contributed by atoms with Gasteiger partial charge in [-0.2, -0.15) is 0 Å². The molecular weight excluding hydrogens is 390 g/mol. The molecular formula is C19H43N7O4. The second kappa shape index (κ2) is 21.8. The van der Waals surface area contributed by atoms with Crippen LogP contribution in [-0.4, -0.2) is 74.7 Å². The molecule has 0 aromatic heterocycles. The number of amides is 3. The molecule has 0 saturated carbocycles. The Bertz CT molecular complexity index is 451. The highest BCUT2D eigenvalue weighted by molar-refractivity contribution is 5.87. The number of primary amides is 1. The van der Waals surface area contributed by atoms with Crippen molar-refractivity contribution in [1.29, 1.82) is 0 Å². The van der Waals surface area contributed by atoms with Crippen LogP contribution in [-0.2, 0) is 14.3 Å². The lowest BCUT2D eigenvalue weighted by molar-refractivity contribution is -0.137. The van der Waals surface area contributed by atoms with Crippen LogP contribution in [0.2, 0.25) is 0 Å². The highest BCUT2D eigenvalue weighted by Crippen LogP contribution is 2.04. The number of ether oxygens (including phenoxy) is 1. The third-order valence-corrected chi connectivity index (χ3v) is 4.04. The Morgan fingerprint density at radius 3 is 2.07 bits per heavy atom. The highest BCUT2D eigenvalue weighted by Gasteiger charge is 2.22. The fourth-order valence-corrected chi connectivity index (χ4v) is 2.36. The number of carbonyl (C=O) groups is 3. The van der Waals surface area contributed by atoms with E-state index in [1.165, 1.54) is 17.7 Å². The summed E-state index contributed by atoms with van der Waals surface area (Å²) in [6.07, 6.45) is 5.01. The van der Waals surface area contributed by atoms with Gasteiger partial charge in [0.1, 0.15) is 6.61 Å². The highest BCUT2D eigenvalue weighted by atomic mass is 16.5. The minimum atomic E-state index is -0.906. The van der Waals surface area contributed by atoms with Crippen LogP contribution in [0.25, 0.3) is 0 Å². The van der Waals surface area contributed by atoms with E-state index in [4.69, 9.17) is 28.7 Å². The Morgan fingerprint density at radius 1 is 0.967 bits per heavy atom. The zero-order valence-electron chi connectivity index (χ0n) is 18.4. The van der Waals surface area contributed by atoms with Gasteiger partial charge in [0, 0.05) is 6.54 Å². The van der Waals surface area contributed by atoms with Crippen molar-refractivity contribution in [3.05, 3.63) is 0 Å². The largest absolute Gasteiger partial charge is 0.448 e. The number of nitrogens with zero attached hydrogens (tertiary/aromatic N) is 1. The van der Waals surface area contributed by atoms with E-state index in [9.17, 15) is 14.4 Å². The van der Waals surface area contributed by atoms with Crippen molar-refractivity contribution in [2.75, 3.05) is 45.9 Å². The van der Waals surface area contributed by atoms with E-state index in [-0.39, 0.29) is 31.5 Å². The van der Waals surface area contributed by atoms with Gasteiger partial charge in [-0.25, -0.2) is 4.79 Å². The number of nitrogens with two attached hydrogens (primary N) is 5. The van der Waals surface area contributed by atoms with Gasteiger partial charge >= 0.3 is 6.09 Å². The van der Waals surface area contributed by atoms with Crippen molar-refractivity contribution in [2.24, 2.45) is 28.7 Å². The molecule has 0 saturated heterocycles. The van der Waals surface area contributed by atoms with Gasteiger partial charge in [-0.05, 0) is 51.7 Å². The lowest BCUT2D eigenvalue weighted by Crippen LogP contribution is -2.48. The molecule has 0 aliphatic rings. The second-order valence-electron chi connectivity index (χ2n) is 6.81. The quantitative estimate of drug-likeness (QED) is 0.165. The Morgan fingerprint density at radius 2 is 1.57 bits per heavy atom. The summed E-state index contributed by atoms with van der Waals surface area (Å²) in [6.45, 7) is 4.44. The number of rotatable bonds is 16. The average Bonchev–Trinajstić information content (AvgIpc) is 2.71. The molecule has 0 rings (SSSR count). The summed E-state index contributed by atoms with van der Waals surface area (Å²) in [5.74, 6) is -0.624. The summed E-state index contributed by atoms with van der Waals surface area (Å²) in [6, 6.07) is -0.657. The minimum Gasteiger partial charge on any atom is -0.448 e. The van der Waals surface area contributed by atoms with Crippen LogP contribution in [0.3, 0.4) is 0 Å². The summed E-state index contributed by atoms with van der Waals surface area (Å²) in [7, 11) is 0. The number of carbonyl (C=O) groups excluding carboxylic acids is 3. The van der Waals surface area contributed by atoms with Gasteiger partial charge in [0.25, 0.3) is 0 Å². The molecule has 0 bridgehead atoms. The predicted molar refractivity (Wildman–Crippen MR) is 118 cm³/mol. The standard InChI is InChI=1S/C15H32N6O4.C4H11N/c16-6-2-1-5-12(18)14(23)21(9-4-3-7-17)11-13(22)20-8-10-25-15(19)24;1-2-3-4-5/h12H,1-11,16-18H2,(H2,19,24)(H,20,22);2-5H2,1H3. The molecule has 0 spiro atoms. The summed E-state index contributed by atoms with van der Waals surface area (Å²) < 4.78 is 4.52. The Labute approximate surface area is 180 Å². The van der Waals surface area contributed by atoms with Gasteiger partial charge in [-0.15, -0.1) is 0 Å². The molecule has 30 heavy (non-hydrogen) atoms. The first-order valence-electron chi connectivity index (χ1n) is 10.7. The fraction of sp³-hybridized carbons (Fsp3) is 0.842. The van der Waals surface area contributed by atoms with Crippen LogP contribution in [0.15, 0.2) is 0 Å². The van der Waals surface area contributed by atoms with E-state index in [2.05, 4.69) is 17.0 Å². The minimum absolute atomic E-state index is 0.0270. The molecule has 0 fully saturated rings. The van der Waals surface area contributed by atoms with Gasteiger partial charge < -0.3 is 43.6 Å². The maximum atomic E-state index is 12.5. The lowest BCUT2D eigenvalue weighted by atomic mass is 10.1. The maximum absolute atomic E-state index is 12.5. The summed E-state index contributed by atoms with van der Waals surface area (Å²) in [5.41, 5.74) is 26.8. The van der Waals surface area contributed by atoms with E-state index in [1.54, 1.807) is 0 Å². The van der Waals surface area contributed by atoms with Crippen LogP contribution in [0.5, 0.6) is 0 Å². The number of unbranched alkanes of at least 4 members (excludes halogenated alkanes) is 3. The van der Waals surface area contributed by atoms with E-state index in [0.29, 0.717) is 32.5 Å². The van der Waals surface area contributed by atoms with Crippen molar-refractivity contribution in [1.82, 2.24) is 10.2 Å². The zero-order chi connectivity index (χ0) is 23.2.